The van der Waals surface area contributed by atoms with Crippen LogP contribution in [0.4, 0.5) is 14.6 Å². The second-order valence-corrected chi connectivity index (χ2v) is 7.96. The molecule has 12 heteroatoms. The van der Waals surface area contributed by atoms with Gasteiger partial charge in [0.25, 0.3) is 6.43 Å². The minimum atomic E-state index is -3.08. The minimum absolute atomic E-state index is 0.0908. The van der Waals surface area contributed by atoms with Gasteiger partial charge >= 0.3 is 11.7 Å². The number of halogens is 3. The van der Waals surface area contributed by atoms with Gasteiger partial charge in [-0.2, -0.15) is 4.98 Å². The summed E-state index contributed by atoms with van der Waals surface area (Å²) in [4.78, 5) is 27.9. The number of carbonyl (C=O) groups excluding carboxylic acids is 1. The zero-order chi connectivity index (χ0) is 23.9. The zero-order valence-corrected chi connectivity index (χ0v) is 19.1. The number of hydrogen-bond donors (Lipinski definition) is 1. The Hall–Kier alpha value is -1.82. The van der Waals surface area contributed by atoms with Gasteiger partial charge in [0.05, 0.1) is 11.6 Å². The second-order valence-electron chi connectivity index (χ2n) is 7.55. The normalized spacial score (nSPS) is 25.4. The fourth-order valence-electron chi connectivity index (χ4n) is 3.38. The number of rotatable bonds is 12. The molecule has 9 nitrogen and oxygen atoms in total. The van der Waals surface area contributed by atoms with Crippen LogP contribution in [0.15, 0.2) is 11.0 Å². The molecule has 0 aromatic carbocycles. The summed E-state index contributed by atoms with van der Waals surface area (Å²) in [5.41, 5.74) is 2.36. The Bertz CT molecular complexity index is 827. The first kappa shape index (κ1) is 26.4. The van der Waals surface area contributed by atoms with E-state index in [1.54, 1.807) is 0 Å². The molecule has 0 spiro atoms. The number of nitrogen functional groups attached to an aromatic ring is 1. The lowest BCUT2D eigenvalue weighted by Gasteiger charge is -2.33. The van der Waals surface area contributed by atoms with Gasteiger partial charge in [-0.3, -0.25) is 9.36 Å². The molecule has 1 aromatic heterocycles. The van der Waals surface area contributed by atoms with Crippen LogP contribution in [0.25, 0.3) is 0 Å². The van der Waals surface area contributed by atoms with E-state index in [9.17, 15) is 18.4 Å². The molecule has 1 aliphatic heterocycles. The van der Waals surface area contributed by atoms with E-state index in [2.05, 4.69) is 4.98 Å². The van der Waals surface area contributed by atoms with Gasteiger partial charge in [0.15, 0.2) is 17.9 Å². The number of nitrogens with two attached hydrogens (primary N) is 1. The standard InChI is InChI=1S/C20H30ClF2N3O6/c1-4-6-8-29-11-20(18(22)23)15(30-9-7-5-2)14(31-12(3)27)17(32-20)26-10-13(21)16(24)25-19(26)28/h10,14-15,17-18H,4-9,11H2,1-3H3,(H2,24,25,28)/t14-,15+,17-,20-/m1/s1. The minimum Gasteiger partial charge on any atom is -0.455 e. The zero-order valence-electron chi connectivity index (χ0n) is 18.4. The summed E-state index contributed by atoms with van der Waals surface area (Å²) in [7, 11) is 0. The summed E-state index contributed by atoms with van der Waals surface area (Å²) in [6.07, 6.45) is -3.44. The average molecular weight is 482 g/mol. The van der Waals surface area contributed by atoms with Crippen molar-refractivity contribution >= 4 is 23.4 Å². The summed E-state index contributed by atoms with van der Waals surface area (Å²) in [6, 6.07) is 0. The van der Waals surface area contributed by atoms with Gasteiger partial charge in [0.2, 0.25) is 0 Å². The molecule has 2 rings (SSSR count). The summed E-state index contributed by atoms with van der Waals surface area (Å²) in [5.74, 6) is -0.985. The maximum atomic E-state index is 14.5. The number of aromatic nitrogens is 2. The molecule has 2 heterocycles. The van der Waals surface area contributed by atoms with E-state index in [1.807, 2.05) is 13.8 Å². The molecule has 2 N–H and O–H groups in total. The fourth-order valence-corrected chi connectivity index (χ4v) is 3.52. The van der Waals surface area contributed by atoms with Crippen LogP contribution in [0, 0.1) is 0 Å². The molecular formula is C20H30ClF2N3O6. The number of carbonyl (C=O) groups is 1. The van der Waals surface area contributed by atoms with Crippen molar-refractivity contribution in [3.8, 4) is 0 Å². The van der Waals surface area contributed by atoms with Crippen LogP contribution in [-0.2, 0) is 23.7 Å². The van der Waals surface area contributed by atoms with E-state index in [0.29, 0.717) is 12.8 Å². The Morgan fingerprint density at radius 3 is 2.59 bits per heavy atom. The van der Waals surface area contributed by atoms with Crippen LogP contribution >= 0.6 is 11.6 Å². The van der Waals surface area contributed by atoms with Crippen LogP contribution in [0.1, 0.15) is 52.7 Å². The lowest BCUT2D eigenvalue weighted by Crippen LogP contribution is -2.54. The van der Waals surface area contributed by atoms with Gasteiger partial charge in [-0.25, -0.2) is 13.6 Å². The Balaban J connectivity index is 2.54. The third kappa shape index (κ3) is 5.94. The average Bonchev–Trinajstić information content (AvgIpc) is 3.02. The van der Waals surface area contributed by atoms with Crippen LogP contribution in [0.3, 0.4) is 0 Å². The molecule has 0 amide bonds. The lowest BCUT2D eigenvalue weighted by molar-refractivity contribution is -0.212. The smallest absolute Gasteiger partial charge is 0.351 e. The summed E-state index contributed by atoms with van der Waals surface area (Å²) >= 11 is 5.99. The van der Waals surface area contributed by atoms with Gasteiger partial charge in [0.1, 0.15) is 11.9 Å². The highest BCUT2D eigenvalue weighted by molar-refractivity contribution is 6.32. The number of nitrogens with zero attached hydrogens (tertiary/aromatic N) is 2. The number of hydrogen-bond acceptors (Lipinski definition) is 8. The first-order valence-electron chi connectivity index (χ1n) is 10.5. The second kappa shape index (κ2) is 11.9. The van der Waals surface area contributed by atoms with Gasteiger partial charge in [0, 0.05) is 26.3 Å². The molecule has 0 saturated carbocycles. The van der Waals surface area contributed by atoms with Gasteiger partial charge in [-0.15, -0.1) is 0 Å². The number of alkyl halides is 2. The van der Waals surface area contributed by atoms with E-state index in [1.165, 1.54) is 0 Å². The summed E-state index contributed by atoms with van der Waals surface area (Å²) < 4.78 is 52.3. The molecule has 0 aliphatic carbocycles. The van der Waals surface area contributed by atoms with Crippen LogP contribution in [0.5, 0.6) is 0 Å². The molecule has 1 fully saturated rings. The van der Waals surface area contributed by atoms with E-state index in [-0.39, 0.29) is 24.1 Å². The van der Waals surface area contributed by atoms with Crippen molar-refractivity contribution in [2.45, 2.75) is 76.9 Å². The Labute approximate surface area is 190 Å². The Kier molecular flexibility index (Phi) is 9.81. The lowest BCUT2D eigenvalue weighted by atomic mass is 9.95. The predicted octanol–water partition coefficient (Wildman–Crippen LogP) is 2.95. The molecule has 182 valence electrons. The summed E-state index contributed by atoms with van der Waals surface area (Å²) in [5, 5.41) is -0.0908. The Morgan fingerprint density at radius 2 is 2.00 bits per heavy atom. The molecule has 32 heavy (non-hydrogen) atoms. The Morgan fingerprint density at radius 1 is 1.34 bits per heavy atom. The number of unbranched alkanes of at least 4 members (excludes halogenated alkanes) is 2. The first-order valence-corrected chi connectivity index (χ1v) is 10.9. The first-order chi connectivity index (χ1) is 15.2. The van der Waals surface area contributed by atoms with E-state index >= 15 is 0 Å². The number of ether oxygens (including phenoxy) is 4. The van der Waals surface area contributed by atoms with Crippen molar-refractivity contribution in [3.63, 3.8) is 0 Å². The van der Waals surface area contributed by atoms with Crippen molar-refractivity contribution in [3.05, 3.63) is 21.7 Å². The monoisotopic (exact) mass is 481 g/mol. The maximum Gasteiger partial charge on any atom is 0.351 e. The third-order valence-electron chi connectivity index (χ3n) is 5.05. The fraction of sp³-hybridized carbons (Fsp3) is 0.750. The van der Waals surface area contributed by atoms with Crippen LogP contribution < -0.4 is 11.4 Å². The topological polar surface area (TPSA) is 115 Å². The van der Waals surface area contributed by atoms with Crippen molar-refractivity contribution in [2.24, 2.45) is 0 Å². The van der Waals surface area contributed by atoms with E-state index < -0.39 is 48.7 Å². The molecule has 0 unspecified atom stereocenters. The van der Waals surface area contributed by atoms with E-state index in [0.717, 1.165) is 30.5 Å². The molecule has 1 aliphatic rings. The van der Waals surface area contributed by atoms with Crippen LogP contribution in [-0.4, -0.2) is 59.6 Å². The van der Waals surface area contributed by atoms with Gasteiger partial charge in [-0.1, -0.05) is 38.3 Å². The molecular weight excluding hydrogens is 452 g/mol. The van der Waals surface area contributed by atoms with Gasteiger partial charge in [-0.05, 0) is 12.8 Å². The largest absolute Gasteiger partial charge is 0.455 e. The molecule has 1 saturated heterocycles. The molecule has 4 atom stereocenters. The number of anilines is 1. The van der Waals surface area contributed by atoms with Crippen molar-refractivity contribution in [2.75, 3.05) is 25.6 Å². The number of esters is 1. The highest BCUT2D eigenvalue weighted by Crippen LogP contribution is 2.44. The highest BCUT2D eigenvalue weighted by atomic mass is 35.5. The SMILES string of the molecule is CCCCOC[C@@]1(C(F)F)O[C@@H](n2cc(Cl)c(N)nc2=O)[C@H](OC(C)=O)[C@@H]1OCCCC. The molecule has 0 radical (unpaired) electrons. The quantitative estimate of drug-likeness (QED) is 0.358. The van der Waals surface area contributed by atoms with Crippen molar-refractivity contribution < 1.29 is 32.5 Å². The van der Waals surface area contributed by atoms with Crippen molar-refractivity contribution in [1.29, 1.82) is 0 Å². The summed E-state index contributed by atoms with van der Waals surface area (Å²) in [6.45, 7) is 4.79. The molecule has 0 bridgehead atoms. The molecule has 1 aromatic rings. The third-order valence-corrected chi connectivity index (χ3v) is 5.34. The van der Waals surface area contributed by atoms with Crippen LogP contribution in [0.2, 0.25) is 5.02 Å². The van der Waals surface area contributed by atoms with Crippen molar-refractivity contribution in [1.82, 2.24) is 9.55 Å². The van der Waals surface area contributed by atoms with Gasteiger partial charge < -0.3 is 24.7 Å². The predicted molar refractivity (Wildman–Crippen MR) is 113 cm³/mol. The maximum absolute atomic E-state index is 14.5. The van der Waals surface area contributed by atoms with E-state index in [4.69, 9.17) is 36.3 Å². The highest BCUT2D eigenvalue weighted by Gasteiger charge is 2.63.